The first-order valence-corrected chi connectivity index (χ1v) is 11.2. The van der Waals surface area contributed by atoms with Crippen LogP contribution in [0.5, 0.6) is 5.88 Å². The Hall–Kier alpha value is -2.36. The van der Waals surface area contributed by atoms with Gasteiger partial charge in [-0.2, -0.15) is 4.52 Å². The molecule has 0 spiro atoms. The van der Waals surface area contributed by atoms with Gasteiger partial charge in [-0.25, -0.2) is 9.78 Å². The number of carbonyl (C=O) groups is 1. The van der Waals surface area contributed by atoms with Gasteiger partial charge < -0.3 is 14.7 Å². The van der Waals surface area contributed by atoms with E-state index in [2.05, 4.69) is 15.0 Å². The largest absolute Gasteiger partial charge is 0.492 e. The molecule has 1 atom stereocenters. The molecule has 8 nitrogen and oxygen atoms in total. The van der Waals surface area contributed by atoms with Crippen LogP contribution in [0.15, 0.2) is 24.3 Å². The van der Waals surface area contributed by atoms with Gasteiger partial charge in [-0.05, 0) is 24.6 Å². The van der Waals surface area contributed by atoms with E-state index in [0.29, 0.717) is 55.0 Å². The zero-order valence-electron chi connectivity index (χ0n) is 16.9. The van der Waals surface area contributed by atoms with E-state index in [0.717, 1.165) is 10.4 Å². The number of benzene rings is 1. The Bertz CT molecular complexity index is 1030. The Kier molecular flexibility index (Phi) is 6.12. The number of carbonyl (C=O) groups excluding carboxylic acids is 1. The number of thiazole rings is 1. The summed E-state index contributed by atoms with van der Waals surface area (Å²) in [7, 11) is 0. The van der Waals surface area contributed by atoms with Crippen LogP contribution in [-0.2, 0) is 11.2 Å². The highest BCUT2D eigenvalue weighted by atomic mass is 35.5. The minimum Gasteiger partial charge on any atom is -0.492 e. The van der Waals surface area contributed by atoms with Crippen LogP contribution in [-0.4, -0.2) is 68.4 Å². The molecular weight excluding hydrogens is 426 g/mol. The van der Waals surface area contributed by atoms with E-state index in [9.17, 15) is 9.90 Å². The van der Waals surface area contributed by atoms with E-state index in [4.69, 9.17) is 16.3 Å². The predicted molar refractivity (Wildman–Crippen MR) is 115 cm³/mol. The van der Waals surface area contributed by atoms with Crippen molar-refractivity contribution in [2.75, 3.05) is 32.8 Å². The SMILES string of the molecule is CCOC(=O)N1CCN([C@H](c2ccc(Cl)cc2)c2sc3nc(CC)nn3c2O)CC1. The number of aryl methyl sites for hydroxylation is 1. The van der Waals surface area contributed by atoms with Crippen LogP contribution in [0.3, 0.4) is 0 Å². The van der Waals surface area contributed by atoms with Crippen molar-refractivity contribution in [1.29, 1.82) is 0 Å². The van der Waals surface area contributed by atoms with Gasteiger partial charge in [0.1, 0.15) is 0 Å². The molecule has 10 heteroatoms. The maximum atomic E-state index is 12.1. The lowest BCUT2D eigenvalue weighted by Gasteiger charge is -2.38. The maximum Gasteiger partial charge on any atom is 0.409 e. The van der Waals surface area contributed by atoms with E-state index in [1.165, 1.54) is 15.9 Å². The van der Waals surface area contributed by atoms with Crippen molar-refractivity contribution in [2.45, 2.75) is 26.3 Å². The number of halogens is 1. The Morgan fingerprint density at radius 1 is 1.23 bits per heavy atom. The summed E-state index contributed by atoms with van der Waals surface area (Å²) < 4.78 is 6.64. The van der Waals surface area contributed by atoms with E-state index < -0.39 is 0 Å². The van der Waals surface area contributed by atoms with E-state index in [1.807, 2.05) is 31.2 Å². The zero-order valence-corrected chi connectivity index (χ0v) is 18.5. The Morgan fingerprint density at radius 2 is 1.93 bits per heavy atom. The van der Waals surface area contributed by atoms with Crippen LogP contribution in [0.25, 0.3) is 4.96 Å². The molecular formula is C20H24ClN5O3S. The second kappa shape index (κ2) is 8.79. The normalized spacial score (nSPS) is 16.2. The molecule has 0 aliphatic carbocycles. The lowest BCUT2D eigenvalue weighted by atomic mass is 10.0. The first kappa shape index (κ1) is 20.9. The van der Waals surface area contributed by atoms with E-state index in [-0.39, 0.29) is 18.0 Å². The van der Waals surface area contributed by atoms with Crippen molar-refractivity contribution in [1.82, 2.24) is 24.4 Å². The lowest BCUT2D eigenvalue weighted by molar-refractivity contribution is 0.0715. The van der Waals surface area contributed by atoms with Gasteiger partial charge in [0.25, 0.3) is 0 Å². The summed E-state index contributed by atoms with van der Waals surface area (Å²) in [5.74, 6) is 0.809. The standard InChI is InChI=1S/C20H24ClN5O3S/c1-3-15-22-19-26(23-15)18(27)17(30-19)16(13-5-7-14(21)8-6-13)24-9-11-25(12-10-24)20(28)29-4-2/h5-8,16,27H,3-4,9-12H2,1-2H3/t16-/m1/s1. The smallest absolute Gasteiger partial charge is 0.409 e. The summed E-state index contributed by atoms with van der Waals surface area (Å²) in [5, 5.41) is 16.0. The fourth-order valence-electron chi connectivity index (χ4n) is 3.67. The second-order valence-electron chi connectivity index (χ2n) is 7.04. The molecule has 1 aliphatic heterocycles. The lowest BCUT2D eigenvalue weighted by Crippen LogP contribution is -2.49. The molecule has 160 valence electrons. The molecule has 0 unspecified atom stereocenters. The van der Waals surface area contributed by atoms with Crippen LogP contribution >= 0.6 is 22.9 Å². The number of aromatic nitrogens is 3. The molecule has 4 rings (SSSR count). The quantitative estimate of drug-likeness (QED) is 0.641. The van der Waals surface area contributed by atoms with Crippen molar-refractivity contribution >= 4 is 34.0 Å². The average Bonchev–Trinajstić information content (AvgIpc) is 3.29. The number of rotatable bonds is 5. The minimum atomic E-state index is -0.283. The highest BCUT2D eigenvalue weighted by Crippen LogP contribution is 2.40. The number of fused-ring (bicyclic) bond motifs is 1. The number of hydrogen-bond acceptors (Lipinski definition) is 7. The summed E-state index contributed by atoms with van der Waals surface area (Å²) in [6, 6.07) is 7.45. The Labute approximate surface area is 183 Å². The molecule has 0 radical (unpaired) electrons. The third-order valence-electron chi connectivity index (χ3n) is 5.20. The number of nitrogens with zero attached hydrogens (tertiary/aromatic N) is 5. The highest BCUT2D eigenvalue weighted by Gasteiger charge is 2.33. The second-order valence-corrected chi connectivity index (χ2v) is 8.49. The molecule has 1 aliphatic rings. The molecule has 1 aromatic carbocycles. The molecule has 2 aromatic heterocycles. The molecule has 0 saturated carbocycles. The van der Waals surface area contributed by atoms with Crippen molar-refractivity contribution < 1.29 is 14.6 Å². The third kappa shape index (κ3) is 3.97. The third-order valence-corrected chi connectivity index (χ3v) is 6.52. The molecule has 1 N–H and O–H groups in total. The van der Waals surface area contributed by atoms with Gasteiger partial charge in [-0.1, -0.05) is 42.0 Å². The number of aromatic hydroxyl groups is 1. The minimum absolute atomic E-state index is 0.106. The van der Waals surface area contributed by atoms with Gasteiger partial charge in [-0.15, -0.1) is 5.10 Å². The molecule has 3 aromatic rings. The number of ether oxygens (including phenoxy) is 1. The predicted octanol–water partition coefficient (Wildman–Crippen LogP) is 3.58. The van der Waals surface area contributed by atoms with Crippen molar-refractivity contribution in [2.24, 2.45) is 0 Å². The van der Waals surface area contributed by atoms with Crippen LogP contribution in [0.4, 0.5) is 4.79 Å². The molecule has 1 amide bonds. The number of hydrogen-bond donors (Lipinski definition) is 1. The van der Waals surface area contributed by atoms with Crippen molar-refractivity contribution in [3.05, 3.63) is 45.6 Å². The summed E-state index contributed by atoms with van der Waals surface area (Å²) in [5.41, 5.74) is 1.01. The molecule has 30 heavy (non-hydrogen) atoms. The van der Waals surface area contributed by atoms with Crippen LogP contribution in [0.2, 0.25) is 5.02 Å². The van der Waals surface area contributed by atoms with Gasteiger partial charge in [-0.3, -0.25) is 4.90 Å². The van der Waals surface area contributed by atoms with Crippen molar-refractivity contribution in [3.63, 3.8) is 0 Å². The van der Waals surface area contributed by atoms with Crippen LogP contribution in [0, 0.1) is 0 Å². The monoisotopic (exact) mass is 449 g/mol. The summed E-state index contributed by atoms with van der Waals surface area (Å²) in [6.07, 6.45) is 0.425. The summed E-state index contributed by atoms with van der Waals surface area (Å²) in [6.45, 7) is 6.57. The fraction of sp³-hybridized carbons (Fsp3) is 0.450. The first-order chi connectivity index (χ1) is 14.5. The van der Waals surface area contributed by atoms with Gasteiger partial charge in [0, 0.05) is 37.6 Å². The zero-order chi connectivity index (χ0) is 21.3. The highest BCUT2D eigenvalue weighted by molar-refractivity contribution is 7.17. The van der Waals surface area contributed by atoms with Gasteiger partial charge in [0.15, 0.2) is 5.82 Å². The molecule has 1 fully saturated rings. The van der Waals surface area contributed by atoms with Gasteiger partial charge in [0.2, 0.25) is 10.8 Å². The fourth-order valence-corrected chi connectivity index (χ4v) is 4.93. The first-order valence-electron chi connectivity index (χ1n) is 10.00. The Balaban J connectivity index is 1.66. The van der Waals surface area contributed by atoms with Gasteiger partial charge >= 0.3 is 6.09 Å². The Morgan fingerprint density at radius 3 is 2.53 bits per heavy atom. The molecule has 0 bridgehead atoms. The summed E-state index contributed by atoms with van der Waals surface area (Å²) >= 11 is 7.54. The number of amides is 1. The topological polar surface area (TPSA) is 83.2 Å². The number of piperazine rings is 1. The average molecular weight is 450 g/mol. The van der Waals surface area contributed by atoms with Crippen LogP contribution < -0.4 is 0 Å². The van der Waals surface area contributed by atoms with Crippen molar-refractivity contribution in [3.8, 4) is 5.88 Å². The summed E-state index contributed by atoms with van der Waals surface area (Å²) in [4.78, 5) is 22.0. The van der Waals surface area contributed by atoms with Gasteiger partial charge in [0.05, 0.1) is 17.5 Å². The van der Waals surface area contributed by atoms with E-state index >= 15 is 0 Å². The van der Waals surface area contributed by atoms with E-state index in [1.54, 1.807) is 11.8 Å². The molecule has 1 saturated heterocycles. The van der Waals surface area contributed by atoms with Crippen LogP contribution in [0.1, 0.15) is 36.2 Å². The molecule has 3 heterocycles. The maximum absolute atomic E-state index is 12.1.